The highest BCUT2D eigenvalue weighted by atomic mass is 16.5. The summed E-state index contributed by atoms with van der Waals surface area (Å²) < 4.78 is 12.7. The number of hydrogen-bond acceptors (Lipinski definition) is 5. The van der Waals surface area contributed by atoms with Gasteiger partial charge in [0.15, 0.2) is 0 Å². The molecule has 1 aliphatic rings. The van der Waals surface area contributed by atoms with Gasteiger partial charge in [-0.05, 0) is 43.5 Å². The van der Waals surface area contributed by atoms with Crippen LogP contribution in [0.5, 0.6) is 5.75 Å². The second-order valence-electron chi connectivity index (χ2n) is 7.75. The molecule has 2 aromatic carbocycles. The van der Waals surface area contributed by atoms with Gasteiger partial charge in [0.25, 0.3) is 0 Å². The molecule has 1 saturated heterocycles. The highest BCUT2D eigenvalue weighted by Crippen LogP contribution is 2.23. The predicted molar refractivity (Wildman–Crippen MR) is 122 cm³/mol. The number of ether oxygens (including phenoxy) is 2. The summed E-state index contributed by atoms with van der Waals surface area (Å²) in [7, 11) is 1.57. The zero-order chi connectivity index (χ0) is 22.3. The molecule has 3 aromatic rings. The molecule has 0 spiro atoms. The van der Waals surface area contributed by atoms with Crippen molar-refractivity contribution in [3.8, 4) is 5.75 Å². The molecule has 0 bridgehead atoms. The van der Waals surface area contributed by atoms with Crippen molar-refractivity contribution in [1.82, 2.24) is 14.9 Å². The lowest BCUT2D eigenvalue weighted by Gasteiger charge is -2.13. The Balaban J connectivity index is 1.41. The van der Waals surface area contributed by atoms with E-state index in [0.717, 1.165) is 36.1 Å². The van der Waals surface area contributed by atoms with Crippen molar-refractivity contribution in [3.05, 3.63) is 54.4 Å². The first-order valence-corrected chi connectivity index (χ1v) is 10.9. The number of rotatable bonds is 9. The summed E-state index contributed by atoms with van der Waals surface area (Å²) in [5.41, 5.74) is 2.37. The topological polar surface area (TPSA) is 94.5 Å². The molecule has 8 nitrogen and oxygen atoms in total. The first kappa shape index (κ1) is 21.8. The Morgan fingerprint density at radius 2 is 2.00 bits per heavy atom. The molecule has 4 rings (SSSR count). The summed E-state index contributed by atoms with van der Waals surface area (Å²) in [6.45, 7) is 1.32. The molecule has 168 valence electrons. The van der Waals surface area contributed by atoms with Gasteiger partial charge in [0.05, 0.1) is 23.8 Å². The van der Waals surface area contributed by atoms with Crippen LogP contribution in [0.4, 0.5) is 5.69 Å². The maximum atomic E-state index is 12.8. The van der Waals surface area contributed by atoms with E-state index in [-0.39, 0.29) is 24.5 Å². The second kappa shape index (κ2) is 10.3. The minimum absolute atomic E-state index is 0.0489. The number of amides is 2. The number of methoxy groups -OCH3 is 1. The molecule has 0 saturated carbocycles. The lowest BCUT2D eigenvalue weighted by molar-refractivity contribution is -0.130. The van der Waals surface area contributed by atoms with E-state index in [2.05, 4.69) is 10.6 Å². The van der Waals surface area contributed by atoms with Crippen LogP contribution in [0, 0.1) is 0 Å². The van der Waals surface area contributed by atoms with Crippen molar-refractivity contribution in [2.24, 2.45) is 0 Å². The fraction of sp³-hybridized carbons (Fsp3) is 0.375. The fourth-order valence-electron chi connectivity index (χ4n) is 3.93. The van der Waals surface area contributed by atoms with Crippen LogP contribution in [-0.2, 0) is 27.3 Å². The molecule has 1 atom stereocenters. The minimum Gasteiger partial charge on any atom is -0.495 e. The number of aromatic nitrogens is 2. The third-order valence-corrected chi connectivity index (χ3v) is 5.51. The zero-order valence-electron chi connectivity index (χ0n) is 18.2. The first-order valence-electron chi connectivity index (χ1n) is 10.9. The van der Waals surface area contributed by atoms with Gasteiger partial charge in [-0.1, -0.05) is 24.3 Å². The third kappa shape index (κ3) is 5.08. The molecule has 0 radical (unpaired) electrons. The monoisotopic (exact) mass is 436 g/mol. The SMILES string of the molecule is COc1ccccc1NC(=O)Cn1c(CCCNC(=O)C2CCCO2)nc2ccccc21. The van der Waals surface area contributed by atoms with Crippen molar-refractivity contribution in [1.29, 1.82) is 0 Å². The van der Waals surface area contributed by atoms with Crippen LogP contribution in [0.2, 0.25) is 0 Å². The first-order chi connectivity index (χ1) is 15.7. The summed E-state index contributed by atoms with van der Waals surface area (Å²) in [5.74, 6) is 1.21. The van der Waals surface area contributed by atoms with E-state index in [1.807, 2.05) is 41.0 Å². The Bertz CT molecular complexity index is 1090. The Labute approximate surface area is 186 Å². The van der Waals surface area contributed by atoms with E-state index < -0.39 is 0 Å². The molecule has 8 heteroatoms. The van der Waals surface area contributed by atoms with E-state index in [9.17, 15) is 9.59 Å². The van der Waals surface area contributed by atoms with Crippen LogP contribution in [0.15, 0.2) is 48.5 Å². The molecule has 1 fully saturated rings. The maximum absolute atomic E-state index is 12.8. The third-order valence-electron chi connectivity index (χ3n) is 5.51. The Morgan fingerprint density at radius 1 is 1.19 bits per heavy atom. The lowest BCUT2D eigenvalue weighted by atomic mass is 10.2. The normalized spacial score (nSPS) is 15.6. The highest BCUT2D eigenvalue weighted by Gasteiger charge is 2.23. The molecule has 0 aliphatic carbocycles. The Morgan fingerprint density at radius 3 is 2.81 bits per heavy atom. The molecule has 2 N–H and O–H groups in total. The summed E-state index contributed by atoms with van der Waals surface area (Å²) in [6, 6.07) is 15.1. The summed E-state index contributed by atoms with van der Waals surface area (Å²) >= 11 is 0. The van der Waals surface area contributed by atoms with Crippen LogP contribution in [0.3, 0.4) is 0 Å². The van der Waals surface area contributed by atoms with Crippen molar-refractivity contribution in [3.63, 3.8) is 0 Å². The smallest absolute Gasteiger partial charge is 0.249 e. The quantitative estimate of drug-likeness (QED) is 0.503. The maximum Gasteiger partial charge on any atom is 0.249 e. The van der Waals surface area contributed by atoms with Crippen molar-refractivity contribution in [2.75, 3.05) is 25.6 Å². The number of nitrogens with one attached hydrogen (secondary N) is 2. The van der Waals surface area contributed by atoms with Gasteiger partial charge in [-0.25, -0.2) is 4.98 Å². The van der Waals surface area contributed by atoms with E-state index >= 15 is 0 Å². The molecule has 1 aliphatic heterocycles. The number of imidazole rings is 1. The fourth-order valence-corrected chi connectivity index (χ4v) is 3.93. The van der Waals surface area contributed by atoms with Gasteiger partial charge in [-0.2, -0.15) is 0 Å². The van der Waals surface area contributed by atoms with E-state index in [1.165, 1.54) is 0 Å². The number of carbonyl (C=O) groups is 2. The summed E-state index contributed by atoms with van der Waals surface area (Å²) in [5, 5.41) is 5.86. The summed E-state index contributed by atoms with van der Waals surface area (Å²) in [4.78, 5) is 29.7. The van der Waals surface area contributed by atoms with Crippen LogP contribution in [0.25, 0.3) is 11.0 Å². The van der Waals surface area contributed by atoms with Crippen LogP contribution in [0.1, 0.15) is 25.1 Å². The van der Waals surface area contributed by atoms with Crippen LogP contribution in [-0.4, -0.2) is 47.7 Å². The Kier molecular flexibility index (Phi) is 7.01. The average molecular weight is 437 g/mol. The number of anilines is 1. The number of nitrogens with zero attached hydrogens (tertiary/aromatic N) is 2. The highest BCUT2D eigenvalue weighted by molar-refractivity contribution is 5.93. The second-order valence-corrected chi connectivity index (χ2v) is 7.75. The average Bonchev–Trinajstić information content (AvgIpc) is 3.46. The summed E-state index contributed by atoms with van der Waals surface area (Å²) in [6.07, 6.45) is 2.75. The van der Waals surface area contributed by atoms with Crippen LogP contribution >= 0.6 is 0 Å². The largest absolute Gasteiger partial charge is 0.495 e. The van der Waals surface area contributed by atoms with Gasteiger partial charge in [-0.15, -0.1) is 0 Å². The zero-order valence-corrected chi connectivity index (χ0v) is 18.2. The van der Waals surface area contributed by atoms with Gasteiger partial charge in [0.1, 0.15) is 24.2 Å². The van der Waals surface area contributed by atoms with Crippen molar-refractivity contribution < 1.29 is 19.1 Å². The molecule has 32 heavy (non-hydrogen) atoms. The van der Waals surface area contributed by atoms with Crippen molar-refractivity contribution >= 4 is 28.5 Å². The lowest BCUT2D eigenvalue weighted by Crippen LogP contribution is -2.34. The van der Waals surface area contributed by atoms with E-state index in [4.69, 9.17) is 14.5 Å². The molecule has 1 aromatic heterocycles. The van der Waals surface area contributed by atoms with E-state index in [0.29, 0.717) is 31.0 Å². The number of fused-ring (bicyclic) bond motifs is 1. The molecular weight excluding hydrogens is 408 g/mol. The minimum atomic E-state index is -0.321. The number of carbonyl (C=O) groups excluding carboxylic acids is 2. The van der Waals surface area contributed by atoms with E-state index in [1.54, 1.807) is 19.2 Å². The number of hydrogen-bond donors (Lipinski definition) is 2. The number of aryl methyl sites for hydroxylation is 1. The molecule has 2 amide bonds. The van der Waals surface area contributed by atoms with Gasteiger partial charge < -0.3 is 24.7 Å². The van der Waals surface area contributed by atoms with Gasteiger partial charge in [0.2, 0.25) is 11.8 Å². The van der Waals surface area contributed by atoms with Crippen LogP contribution < -0.4 is 15.4 Å². The molecular formula is C24H28N4O4. The standard InChI is InChI=1S/C24H28N4O4/c1-31-20-11-5-3-9-18(20)27-23(29)16-28-19-10-4-2-8-17(19)26-22(28)13-6-14-25-24(30)21-12-7-15-32-21/h2-5,8-11,21H,6-7,12-16H2,1H3,(H,25,30)(H,27,29). The predicted octanol–water partition coefficient (Wildman–Crippen LogP) is 2.91. The van der Waals surface area contributed by atoms with Gasteiger partial charge in [-0.3, -0.25) is 9.59 Å². The van der Waals surface area contributed by atoms with Gasteiger partial charge >= 0.3 is 0 Å². The number of para-hydroxylation sites is 4. The molecule has 1 unspecified atom stereocenters. The van der Waals surface area contributed by atoms with Gasteiger partial charge in [0, 0.05) is 19.6 Å². The number of benzene rings is 2. The molecule has 2 heterocycles. The van der Waals surface area contributed by atoms with Crippen molar-refractivity contribution in [2.45, 2.75) is 38.3 Å². The Hall–Kier alpha value is -3.39.